The molecule has 3 heterocycles. The van der Waals surface area contributed by atoms with Gasteiger partial charge in [0, 0.05) is 23.1 Å². The topological polar surface area (TPSA) is 106 Å². The van der Waals surface area contributed by atoms with Crippen molar-refractivity contribution >= 4 is 35.0 Å². The average Bonchev–Trinajstić information content (AvgIpc) is 3.21. The Balaban J connectivity index is 1.50. The van der Waals surface area contributed by atoms with Crippen molar-refractivity contribution in [1.29, 1.82) is 0 Å². The molecule has 4 rings (SSSR count). The molecule has 0 unspecified atom stereocenters. The molecule has 0 radical (unpaired) electrons. The summed E-state index contributed by atoms with van der Waals surface area (Å²) in [5.74, 6) is 1.90. The largest absolute Gasteiger partial charge is 0.324 e. The van der Waals surface area contributed by atoms with E-state index < -0.39 is 0 Å². The number of anilines is 4. The van der Waals surface area contributed by atoms with Crippen LogP contribution in [-0.4, -0.2) is 34.7 Å². The molecule has 2 N–H and O–H groups in total. The summed E-state index contributed by atoms with van der Waals surface area (Å²) in [6.45, 7) is 1.92. The van der Waals surface area contributed by atoms with Gasteiger partial charge in [0.2, 0.25) is 11.9 Å². The first kappa shape index (κ1) is 16.9. The van der Waals surface area contributed by atoms with E-state index in [4.69, 9.17) is 11.6 Å². The minimum Gasteiger partial charge on any atom is -0.324 e. The zero-order valence-electron chi connectivity index (χ0n) is 14.2. The van der Waals surface area contributed by atoms with E-state index in [-0.39, 0.29) is 0 Å². The lowest BCUT2D eigenvalue weighted by molar-refractivity contribution is 0.913. The van der Waals surface area contributed by atoms with Crippen molar-refractivity contribution in [2.45, 2.75) is 6.92 Å². The fourth-order valence-electron chi connectivity index (χ4n) is 2.32. The number of hydrogen-bond donors (Lipinski definition) is 2. The second-order valence-electron chi connectivity index (χ2n) is 5.54. The molecule has 10 heteroatoms. The molecule has 4 aromatic rings. The summed E-state index contributed by atoms with van der Waals surface area (Å²) in [5.41, 5.74) is 1.74. The van der Waals surface area contributed by atoms with Crippen LogP contribution in [0.2, 0.25) is 5.02 Å². The molecule has 0 bridgehead atoms. The van der Waals surface area contributed by atoms with Crippen molar-refractivity contribution < 1.29 is 0 Å². The summed E-state index contributed by atoms with van der Waals surface area (Å²) < 4.78 is 1.76. The van der Waals surface area contributed by atoms with Gasteiger partial charge in [0.1, 0.15) is 12.7 Å². The van der Waals surface area contributed by atoms with Crippen LogP contribution in [-0.2, 0) is 0 Å². The lowest BCUT2D eigenvalue weighted by Gasteiger charge is -2.10. The molecule has 0 amide bonds. The van der Waals surface area contributed by atoms with Gasteiger partial charge in [-0.15, -0.1) is 10.2 Å². The zero-order chi connectivity index (χ0) is 18.6. The quantitative estimate of drug-likeness (QED) is 0.544. The average molecular weight is 380 g/mol. The van der Waals surface area contributed by atoms with E-state index in [1.807, 2.05) is 31.2 Å². The highest BCUT2D eigenvalue weighted by atomic mass is 35.5. The van der Waals surface area contributed by atoms with Crippen molar-refractivity contribution in [2.75, 3.05) is 10.6 Å². The Morgan fingerprint density at radius 1 is 1.00 bits per heavy atom. The summed E-state index contributed by atoms with van der Waals surface area (Å²) >= 11 is 6.14. The molecule has 0 saturated carbocycles. The second-order valence-corrected chi connectivity index (χ2v) is 5.95. The molecule has 0 atom stereocenters. The van der Waals surface area contributed by atoms with Crippen LogP contribution in [0.1, 0.15) is 5.56 Å². The minimum atomic E-state index is 0.344. The molecule has 0 fully saturated rings. The van der Waals surface area contributed by atoms with Crippen molar-refractivity contribution in [3.8, 4) is 5.82 Å². The van der Waals surface area contributed by atoms with Gasteiger partial charge in [-0.2, -0.15) is 4.98 Å². The number of rotatable bonds is 5. The SMILES string of the molecule is Cc1c(Cl)cccc1Nc1ncnc(Nc2ccc(-n3ccnc3)nn2)n1. The number of nitrogens with one attached hydrogen (secondary N) is 2. The Morgan fingerprint density at radius 3 is 2.59 bits per heavy atom. The third-order valence-corrected chi connectivity index (χ3v) is 4.15. The van der Waals surface area contributed by atoms with Crippen LogP contribution in [0, 0.1) is 6.92 Å². The van der Waals surface area contributed by atoms with Crippen molar-refractivity contribution in [3.63, 3.8) is 0 Å². The molecule has 0 spiro atoms. The van der Waals surface area contributed by atoms with Crippen LogP contribution in [0.5, 0.6) is 0 Å². The maximum absolute atomic E-state index is 6.14. The first-order valence-corrected chi connectivity index (χ1v) is 8.37. The van der Waals surface area contributed by atoms with E-state index in [0.717, 1.165) is 11.3 Å². The Labute approximate surface area is 159 Å². The molecular weight excluding hydrogens is 366 g/mol. The summed E-state index contributed by atoms with van der Waals surface area (Å²) in [6, 6.07) is 9.18. The van der Waals surface area contributed by atoms with Gasteiger partial charge in [-0.25, -0.2) is 15.0 Å². The minimum absolute atomic E-state index is 0.344. The van der Waals surface area contributed by atoms with E-state index in [0.29, 0.717) is 28.6 Å². The highest BCUT2D eigenvalue weighted by Crippen LogP contribution is 2.25. The molecule has 0 aliphatic heterocycles. The van der Waals surface area contributed by atoms with Crippen LogP contribution in [0.4, 0.5) is 23.4 Å². The summed E-state index contributed by atoms with van der Waals surface area (Å²) in [6.07, 6.45) is 6.53. The Morgan fingerprint density at radius 2 is 1.85 bits per heavy atom. The fourth-order valence-corrected chi connectivity index (χ4v) is 2.49. The molecule has 134 valence electrons. The number of aromatic nitrogens is 7. The molecule has 0 aliphatic rings. The molecule has 0 aliphatic carbocycles. The van der Waals surface area contributed by atoms with Gasteiger partial charge in [0.15, 0.2) is 11.6 Å². The van der Waals surface area contributed by atoms with Crippen LogP contribution in [0.3, 0.4) is 0 Å². The van der Waals surface area contributed by atoms with Crippen LogP contribution in [0.25, 0.3) is 5.82 Å². The van der Waals surface area contributed by atoms with Crippen molar-refractivity contribution in [1.82, 2.24) is 34.7 Å². The molecule has 3 aromatic heterocycles. The highest BCUT2D eigenvalue weighted by molar-refractivity contribution is 6.31. The fraction of sp³-hybridized carbons (Fsp3) is 0.0588. The number of imidazole rings is 1. The van der Waals surface area contributed by atoms with Crippen LogP contribution in [0.15, 0.2) is 55.4 Å². The van der Waals surface area contributed by atoms with E-state index in [1.54, 1.807) is 29.4 Å². The van der Waals surface area contributed by atoms with Gasteiger partial charge in [0.05, 0.1) is 0 Å². The second kappa shape index (κ2) is 7.34. The molecule has 1 aromatic carbocycles. The van der Waals surface area contributed by atoms with E-state index in [2.05, 4.69) is 40.8 Å². The maximum atomic E-state index is 6.14. The van der Waals surface area contributed by atoms with Crippen molar-refractivity contribution in [3.05, 3.63) is 66.0 Å². The molecule has 9 nitrogen and oxygen atoms in total. The summed E-state index contributed by atoms with van der Waals surface area (Å²) in [5, 5.41) is 15.1. The predicted molar refractivity (Wildman–Crippen MR) is 102 cm³/mol. The van der Waals surface area contributed by atoms with Gasteiger partial charge in [0.25, 0.3) is 0 Å². The predicted octanol–water partition coefficient (Wildman–Crippen LogP) is 3.30. The maximum Gasteiger partial charge on any atom is 0.233 e. The number of nitrogens with zero attached hydrogens (tertiary/aromatic N) is 7. The Kier molecular flexibility index (Phi) is 4.58. The zero-order valence-corrected chi connectivity index (χ0v) is 15.0. The Hall–Kier alpha value is -3.59. The number of halogens is 1. The summed E-state index contributed by atoms with van der Waals surface area (Å²) in [7, 11) is 0. The number of hydrogen-bond acceptors (Lipinski definition) is 8. The molecular formula is C17H14ClN9. The van der Waals surface area contributed by atoms with Crippen LogP contribution < -0.4 is 10.6 Å². The normalized spacial score (nSPS) is 10.6. The van der Waals surface area contributed by atoms with Crippen molar-refractivity contribution in [2.24, 2.45) is 0 Å². The lowest BCUT2D eigenvalue weighted by Crippen LogP contribution is -2.05. The van der Waals surface area contributed by atoms with E-state index in [9.17, 15) is 0 Å². The van der Waals surface area contributed by atoms with Gasteiger partial charge in [-0.05, 0) is 36.8 Å². The van der Waals surface area contributed by atoms with Crippen LogP contribution >= 0.6 is 11.6 Å². The standard InChI is InChI=1S/C17H14ClN9/c1-11-12(18)3-2-4-13(11)22-16-20-9-21-17(24-16)23-14-5-6-15(26-25-14)27-8-7-19-10-27/h2-10H,1H3,(H2,20,21,22,23,24,25). The van der Waals surface area contributed by atoms with Gasteiger partial charge in [-0.3, -0.25) is 4.57 Å². The molecule has 27 heavy (non-hydrogen) atoms. The lowest BCUT2D eigenvalue weighted by atomic mass is 10.2. The highest BCUT2D eigenvalue weighted by Gasteiger charge is 2.07. The van der Waals surface area contributed by atoms with Gasteiger partial charge < -0.3 is 10.6 Å². The van der Waals surface area contributed by atoms with Gasteiger partial charge in [-0.1, -0.05) is 17.7 Å². The monoisotopic (exact) mass is 379 g/mol. The van der Waals surface area contributed by atoms with E-state index in [1.165, 1.54) is 6.33 Å². The van der Waals surface area contributed by atoms with E-state index >= 15 is 0 Å². The smallest absolute Gasteiger partial charge is 0.233 e. The first-order valence-electron chi connectivity index (χ1n) is 7.99. The van der Waals surface area contributed by atoms with Gasteiger partial charge >= 0.3 is 0 Å². The molecule has 0 saturated heterocycles. The Bertz CT molecular complexity index is 1050. The number of benzene rings is 1. The third kappa shape index (κ3) is 3.82. The first-order chi connectivity index (χ1) is 13.2. The summed E-state index contributed by atoms with van der Waals surface area (Å²) in [4.78, 5) is 16.6. The third-order valence-electron chi connectivity index (χ3n) is 3.75.